The molecule has 1 aliphatic heterocycles. The molecule has 0 N–H and O–H groups in total. The summed E-state index contributed by atoms with van der Waals surface area (Å²) in [5.74, 6) is 0.786. The molecule has 1 fully saturated rings. The summed E-state index contributed by atoms with van der Waals surface area (Å²) in [6.07, 6.45) is 2.34. The second kappa shape index (κ2) is 5.79. The van der Waals surface area contributed by atoms with Crippen LogP contribution < -0.4 is 0 Å². The van der Waals surface area contributed by atoms with Crippen molar-refractivity contribution in [3.05, 3.63) is 0 Å². The fourth-order valence-electron chi connectivity index (χ4n) is 1.57. The van der Waals surface area contributed by atoms with Crippen LogP contribution in [0, 0.1) is 0 Å². The summed E-state index contributed by atoms with van der Waals surface area (Å²) >= 11 is 5.64. The number of hydrogen-bond donors (Lipinski definition) is 0. The zero-order chi connectivity index (χ0) is 8.81. The lowest BCUT2D eigenvalue weighted by atomic mass is 10.1. The second-order valence-corrected chi connectivity index (χ2v) is 3.71. The molecule has 12 heavy (non-hydrogen) atoms. The second-order valence-electron chi connectivity index (χ2n) is 3.33. The molecule has 0 amide bonds. The summed E-state index contributed by atoms with van der Waals surface area (Å²) in [4.78, 5) is 2.48. The molecule has 0 aromatic rings. The average Bonchev–Trinajstić information content (AvgIpc) is 2.15. The Labute approximate surface area is 79.8 Å². The highest BCUT2D eigenvalue weighted by Crippen LogP contribution is 2.09. The van der Waals surface area contributed by atoms with Crippen LogP contribution in [0.25, 0.3) is 0 Å². The quantitative estimate of drug-likeness (QED) is 0.628. The number of nitrogens with zero attached hydrogens (tertiary/aromatic N) is 1. The van der Waals surface area contributed by atoms with Gasteiger partial charge in [0, 0.05) is 25.0 Å². The first-order chi connectivity index (χ1) is 5.84. The van der Waals surface area contributed by atoms with E-state index in [4.69, 9.17) is 16.3 Å². The molecule has 0 aromatic heterocycles. The fraction of sp³-hybridized carbons (Fsp3) is 1.00. The topological polar surface area (TPSA) is 12.5 Å². The minimum atomic E-state index is 0.674. The Bertz CT molecular complexity index is 115. The molecule has 1 saturated heterocycles. The van der Waals surface area contributed by atoms with E-state index in [1.807, 2.05) is 0 Å². The Morgan fingerprint density at radius 3 is 2.67 bits per heavy atom. The third-order valence-corrected chi connectivity index (χ3v) is 2.69. The van der Waals surface area contributed by atoms with Gasteiger partial charge in [0.1, 0.15) is 0 Å². The highest BCUT2D eigenvalue weighted by Gasteiger charge is 2.15. The molecule has 0 aromatic carbocycles. The molecule has 1 aliphatic rings. The van der Waals surface area contributed by atoms with Crippen molar-refractivity contribution in [1.82, 2.24) is 4.90 Å². The lowest BCUT2D eigenvalue weighted by molar-refractivity contribution is 0.0186. The van der Waals surface area contributed by atoms with Crippen molar-refractivity contribution in [1.29, 1.82) is 0 Å². The van der Waals surface area contributed by atoms with Gasteiger partial charge in [0.15, 0.2) is 0 Å². The standard InChI is InChI=1S/C9H18ClNO/c1-9(3-2-4-10)11-5-7-12-8-6-11/h9H,2-8H2,1H3. The molecule has 1 unspecified atom stereocenters. The molecule has 3 heteroatoms. The minimum Gasteiger partial charge on any atom is -0.379 e. The Morgan fingerprint density at radius 1 is 1.42 bits per heavy atom. The van der Waals surface area contributed by atoms with Gasteiger partial charge in [-0.05, 0) is 19.8 Å². The lowest BCUT2D eigenvalue weighted by Crippen LogP contribution is -2.42. The Morgan fingerprint density at radius 2 is 2.08 bits per heavy atom. The molecule has 0 radical (unpaired) electrons. The van der Waals surface area contributed by atoms with Gasteiger partial charge in [0.2, 0.25) is 0 Å². The Kier molecular flexibility index (Phi) is 4.96. The zero-order valence-corrected chi connectivity index (χ0v) is 8.52. The predicted molar refractivity (Wildman–Crippen MR) is 51.8 cm³/mol. The largest absolute Gasteiger partial charge is 0.379 e. The van der Waals surface area contributed by atoms with E-state index in [0.717, 1.165) is 38.6 Å². The van der Waals surface area contributed by atoms with Crippen LogP contribution in [0.5, 0.6) is 0 Å². The molecular weight excluding hydrogens is 174 g/mol. The van der Waals surface area contributed by atoms with Crippen LogP contribution in [0.3, 0.4) is 0 Å². The van der Waals surface area contributed by atoms with Gasteiger partial charge in [-0.3, -0.25) is 4.90 Å². The molecule has 0 aliphatic carbocycles. The summed E-state index contributed by atoms with van der Waals surface area (Å²) in [5.41, 5.74) is 0. The smallest absolute Gasteiger partial charge is 0.0594 e. The van der Waals surface area contributed by atoms with Gasteiger partial charge >= 0.3 is 0 Å². The van der Waals surface area contributed by atoms with Crippen LogP contribution in [-0.4, -0.2) is 43.1 Å². The van der Waals surface area contributed by atoms with E-state index in [1.54, 1.807) is 0 Å². The Hall–Kier alpha value is 0.210. The predicted octanol–water partition coefficient (Wildman–Crippen LogP) is 1.73. The summed E-state index contributed by atoms with van der Waals surface area (Å²) in [5, 5.41) is 0. The van der Waals surface area contributed by atoms with E-state index < -0.39 is 0 Å². The maximum absolute atomic E-state index is 5.64. The van der Waals surface area contributed by atoms with E-state index in [9.17, 15) is 0 Å². The number of ether oxygens (including phenoxy) is 1. The highest BCUT2D eigenvalue weighted by molar-refractivity contribution is 6.17. The Balaban J connectivity index is 2.15. The van der Waals surface area contributed by atoms with E-state index >= 15 is 0 Å². The van der Waals surface area contributed by atoms with Crippen molar-refractivity contribution in [2.45, 2.75) is 25.8 Å². The zero-order valence-electron chi connectivity index (χ0n) is 7.76. The van der Waals surface area contributed by atoms with Gasteiger partial charge < -0.3 is 4.74 Å². The van der Waals surface area contributed by atoms with Gasteiger partial charge in [0.25, 0.3) is 0 Å². The molecule has 0 saturated carbocycles. The number of halogens is 1. The van der Waals surface area contributed by atoms with Gasteiger partial charge in [-0.25, -0.2) is 0 Å². The summed E-state index contributed by atoms with van der Waals surface area (Å²) < 4.78 is 5.29. The SMILES string of the molecule is CC(CCCCl)N1CCOCC1. The van der Waals surface area contributed by atoms with Crippen molar-refractivity contribution < 1.29 is 4.74 Å². The summed E-state index contributed by atoms with van der Waals surface area (Å²) in [7, 11) is 0. The maximum atomic E-state index is 5.64. The lowest BCUT2D eigenvalue weighted by Gasteiger charge is -2.32. The van der Waals surface area contributed by atoms with Crippen LogP contribution in [0.4, 0.5) is 0 Å². The molecule has 1 rings (SSSR count). The molecule has 1 atom stereocenters. The molecule has 0 bridgehead atoms. The average molecular weight is 192 g/mol. The monoisotopic (exact) mass is 191 g/mol. The number of morpholine rings is 1. The van der Waals surface area contributed by atoms with Gasteiger partial charge in [0.05, 0.1) is 13.2 Å². The van der Waals surface area contributed by atoms with Crippen molar-refractivity contribution in [2.24, 2.45) is 0 Å². The third kappa shape index (κ3) is 3.30. The van der Waals surface area contributed by atoms with Gasteiger partial charge in [-0.15, -0.1) is 11.6 Å². The van der Waals surface area contributed by atoms with E-state index in [1.165, 1.54) is 6.42 Å². The summed E-state index contributed by atoms with van der Waals surface area (Å²) in [6, 6.07) is 0.674. The first kappa shape index (κ1) is 10.3. The van der Waals surface area contributed by atoms with Crippen molar-refractivity contribution in [3.63, 3.8) is 0 Å². The fourth-order valence-corrected chi connectivity index (χ4v) is 1.73. The number of hydrogen-bond acceptors (Lipinski definition) is 2. The van der Waals surface area contributed by atoms with Gasteiger partial charge in [-0.2, -0.15) is 0 Å². The van der Waals surface area contributed by atoms with Crippen LogP contribution in [0.15, 0.2) is 0 Å². The van der Waals surface area contributed by atoms with Crippen molar-refractivity contribution in [2.75, 3.05) is 32.2 Å². The van der Waals surface area contributed by atoms with Crippen molar-refractivity contribution in [3.8, 4) is 0 Å². The first-order valence-electron chi connectivity index (χ1n) is 4.72. The van der Waals surface area contributed by atoms with Crippen molar-refractivity contribution >= 4 is 11.6 Å². The van der Waals surface area contributed by atoms with E-state index in [2.05, 4.69) is 11.8 Å². The molecule has 72 valence electrons. The molecular formula is C9H18ClNO. The normalized spacial score (nSPS) is 22.5. The van der Waals surface area contributed by atoms with E-state index in [0.29, 0.717) is 6.04 Å². The maximum Gasteiger partial charge on any atom is 0.0594 e. The molecule has 2 nitrogen and oxygen atoms in total. The van der Waals surface area contributed by atoms with Crippen LogP contribution in [-0.2, 0) is 4.74 Å². The van der Waals surface area contributed by atoms with Crippen LogP contribution >= 0.6 is 11.6 Å². The minimum absolute atomic E-state index is 0.674. The third-order valence-electron chi connectivity index (χ3n) is 2.42. The summed E-state index contributed by atoms with van der Waals surface area (Å²) in [6.45, 7) is 6.24. The van der Waals surface area contributed by atoms with E-state index in [-0.39, 0.29) is 0 Å². The molecule has 1 heterocycles. The van der Waals surface area contributed by atoms with Gasteiger partial charge in [-0.1, -0.05) is 0 Å². The van der Waals surface area contributed by atoms with Crippen LogP contribution in [0.2, 0.25) is 0 Å². The molecule has 0 spiro atoms. The first-order valence-corrected chi connectivity index (χ1v) is 5.26. The number of alkyl halides is 1. The number of rotatable bonds is 4. The van der Waals surface area contributed by atoms with Crippen LogP contribution in [0.1, 0.15) is 19.8 Å². The highest BCUT2D eigenvalue weighted by atomic mass is 35.5.